The van der Waals surface area contributed by atoms with Gasteiger partial charge in [-0.15, -0.1) is 0 Å². The van der Waals surface area contributed by atoms with Crippen molar-refractivity contribution in [3.05, 3.63) is 51.9 Å². The third kappa shape index (κ3) is 6.58. The highest BCUT2D eigenvalue weighted by Gasteiger charge is 2.38. The first-order valence-corrected chi connectivity index (χ1v) is 13.6. The number of piperidine rings is 1. The van der Waals surface area contributed by atoms with Gasteiger partial charge in [-0.2, -0.15) is 31.4 Å². The van der Waals surface area contributed by atoms with E-state index in [1.165, 1.54) is 36.9 Å². The van der Waals surface area contributed by atoms with Crippen LogP contribution in [-0.2, 0) is 17.5 Å². The number of nitrogens with one attached hydrogen (secondary N) is 2. The molecule has 2 N–H and O–H groups in total. The summed E-state index contributed by atoms with van der Waals surface area (Å²) < 4.78 is 81.2. The molecule has 1 saturated heterocycles. The molecule has 2 aromatic heterocycles. The number of alkyl halides is 6. The van der Waals surface area contributed by atoms with E-state index in [9.17, 15) is 35.9 Å². The summed E-state index contributed by atoms with van der Waals surface area (Å²) in [6, 6.07) is 3.09. The third-order valence-corrected chi connectivity index (χ3v) is 7.61. The Morgan fingerprint density at radius 3 is 2.40 bits per heavy atom. The number of aromatic nitrogens is 3. The van der Waals surface area contributed by atoms with Gasteiger partial charge < -0.3 is 15.5 Å². The second kappa shape index (κ2) is 10.9. The minimum Gasteiger partial charge on any atom is -0.380 e. The lowest BCUT2D eigenvalue weighted by Gasteiger charge is -2.38. The lowest BCUT2D eigenvalue weighted by molar-refractivity contribution is -0.143. The number of nitrogens with zero attached hydrogens (tertiary/aromatic N) is 4. The lowest BCUT2D eigenvalue weighted by atomic mass is 9.98. The van der Waals surface area contributed by atoms with E-state index < -0.39 is 42.6 Å². The molecule has 5 rings (SSSR count). The van der Waals surface area contributed by atoms with Crippen LogP contribution in [0.5, 0.6) is 0 Å². The number of carbonyl (C=O) groups is 2. The van der Waals surface area contributed by atoms with Crippen molar-refractivity contribution in [3.63, 3.8) is 0 Å². The number of anilines is 1. The molecule has 0 unspecified atom stereocenters. The molecule has 1 aromatic carbocycles. The number of likely N-dealkylation sites (tertiary alicyclic amines) is 1. The Balaban J connectivity index is 1.42. The fourth-order valence-electron chi connectivity index (χ4n) is 5.36. The van der Waals surface area contributed by atoms with Crippen LogP contribution in [-0.4, -0.2) is 62.8 Å². The van der Waals surface area contributed by atoms with Gasteiger partial charge in [0.2, 0.25) is 5.91 Å². The van der Waals surface area contributed by atoms with Gasteiger partial charge in [-0.05, 0) is 44.4 Å². The zero-order valence-electron chi connectivity index (χ0n) is 22.5. The summed E-state index contributed by atoms with van der Waals surface area (Å²) in [6.07, 6.45) is -6.53. The molecule has 2 fully saturated rings. The maximum Gasteiger partial charge on any atom is 0.433 e. The lowest BCUT2D eigenvalue weighted by Crippen LogP contribution is -2.55. The first-order chi connectivity index (χ1) is 19.6. The molecule has 2 aliphatic rings. The topological polar surface area (TPSA) is 92.2 Å². The van der Waals surface area contributed by atoms with E-state index in [4.69, 9.17) is 11.6 Å². The van der Waals surface area contributed by atoms with Crippen molar-refractivity contribution >= 4 is 40.0 Å². The number of rotatable bonds is 6. The Labute approximate surface area is 241 Å². The van der Waals surface area contributed by atoms with Gasteiger partial charge in [0, 0.05) is 65.9 Å². The molecule has 0 radical (unpaired) electrons. The van der Waals surface area contributed by atoms with E-state index in [1.807, 2.05) is 0 Å². The van der Waals surface area contributed by atoms with E-state index in [1.54, 1.807) is 0 Å². The van der Waals surface area contributed by atoms with Crippen LogP contribution in [0.1, 0.15) is 59.4 Å². The summed E-state index contributed by atoms with van der Waals surface area (Å²) in [5.74, 6) is -1.05. The molecular formula is C27H27ClF6N6O2. The van der Waals surface area contributed by atoms with Gasteiger partial charge in [0.05, 0.1) is 16.8 Å². The van der Waals surface area contributed by atoms with Gasteiger partial charge in [-0.3, -0.25) is 14.3 Å². The highest BCUT2D eigenvalue weighted by Crippen LogP contribution is 2.41. The van der Waals surface area contributed by atoms with E-state index >= 15 is 0 Å². The van der Waals surface area contributed by atoms with Crippen molar-refractivity contribution in [2.75, 3.05) is 18.4 Å². The minimum absolute atomic E-state index is 0.0339. The van der Waals surface area contributed by atoms with Crippen LogP contribution in [0, 0.1) is 6.92 Å². The van der Waals surface area contributed by atoms with Crippen molar-refractivity contribution < 1.29 is 35.9 Å². The molecule has 42 heavy (non-hydrogen) atoms. The largest absolute Gasteiger partial charge is 0.433 e. The minimum atomic E-state index is -4.72. The Morgan fingerprint density at radius 1 is 1.10 bits per heavy atom. The van der Waals surface area contributed by atoms with Gasteiger partial charge in [-0.25, -0.2) is 4.98 Å². The van der Waals surface area contributed by atoms with Crippen LogP contribution in [0.25, 0.3) is 10.9 Å². The Hall–Kier alpha value is -3.55. The molecule has 1 aliphatic carbocycles. The van der Waals surface area contributed by atoms with E-state index in [0.717, 1.165) is 6.20 Å². The van der Waals surface area contributed by atoms with Crippen molar-refractivity contribution in [2.45, 2.75) is 70.0 Å². The van der Waals surface area contributed by atoms with Gasteiger partial charge in [-0.1, -0.05) is 11.6 Å². The quantitative estimate of drug-likeness (QED) is 0.348. The molecule has 3 heterocycles. The predicted octanol–water partition coefficient (Wildman–Crippen LogP) is 5.68. The average molecular weight is 617 g/mol. The summed E-state index contributed by atoms with van der Waals surface area (Å²) in [7, 11) is 0. The van der Waals surface area contributed by atoms with Crippen LogP contribution >= 0.6 is 11.6 Å². The van der Waals surface area contributed by atoms with Gasteiger partial charge in [0.15, 0.2) is 0 Å². The van der Waals surface area contributed by atoms with Crippen LogP contribution in [0.2, 0.25) is 5.02 Å². The first-order valence-electron chi connectivity index (χ1n) is 13.2. The Morgan fingerprint density at radius 2 is 1.79 bits per heavy atom. The average Bonchev–Trinajstić information content (AvgIpc) is 3.64. The molecular weight excluding hydrogens is 590 g/mol. The van der Waals surface area contributed by atoms with Crippen molar-refractivity contribution in [1.29, 1.82) is 0 Å². The zero-order chi connectivity index (χ0) is 30.6. The summed E-state index contributed by atoms with van der Waals surface area (Å²) in [6.45, 7) is 1.55. The van der Waals surface area contributed by atoms with Crippen LogP contribution in [0.4, 0.5) is 32.0 Å². The fourth-order valence-corrected chi connectivity index (χ4v) is 5.53. The summed E-state index contributed by atoms with van der Waals surface area (Å²) in [4.78, 5) is 30.9. The van der Waals surface area contributed by atoms with E-state index in [-0.39, 0.29) is 53.7 Å². The van der Waals surface area contributed by atoms with Gasteiger partial charge >= 0.3 is 12.4 Å². The number of halogens is 7. The normalized spacial score (nSPS) is 19.7. The summed E-state index contributed by atoms with van der Waals surface area (Å²) in [5.41, 5.74) is -0.656. The molecule has 15 heteroatoms. The van der Waals surface area contributed by atoms with E-state index in [2.05, 4.69) is 20.7 Å². The second-order valence-corrected chi connectivity index (χ2v) is 11.2. The SMILES string of the molecule is CC(=O)N1C[C@@H](NC(=O)c2cn(CC(F)(F)F)nc2C2CC2)C[C@@H](Nc2c(C)c(C(F)(F)F)nc3ccc(Cl)cc23)C1. The smallest absolute Gasteiger partial charge is 0.380 e. The second-order valence-electron chi connectivity index (χ2n) is 10.8. The highest BCUT2D eigenvalue weighted by atomic mass is 35.5. The molecule has 1 aliphatic heterocycles. The molecule has 1 saturated carbocycles. The van der Waals surface area contributed by atoms with Crippen molar-refractivity contribution in [2.24, 2.45) is 0 Å². The molecule has 2 atom stereocenters. The highest BCUT2D eigenvalue weighted by molar-refractivity contribution is 6.31. The van der Waals surface area contributed by atoms with Gasteiger partial charge in [0.25, 0.3) is 5.91 Å². The maximum atomic E-state index is 13.8. The molecule has 8 nitrogen and oxygen atoms in total. The number of hydrogen-bond donors (Lipinski definition) is 2. The monoisotopic (exact) mass is 616 g/mol. The summed E-state index contributed by atoms with van der Waals surface area (Å²) in [5, 5.41) is 10.6. The fraction of sp³-hybridized carbons (Fsp3) is 0.481. The van der Waals surface area contributed by atoms with Crippen LogP contribution in [0.3, 0.4) is 0 Å². The van der Waals surface area contributed by atoms with Gasteiger partial charge in [0.1, 0.15) is 12.2 Å². The number of hydrogen-bond acceptors (Lipinski definition) is 5. The van der Waals surface area contributed by atoms with E-state index in [0.29, 0.717) is 33.6 Å². The zero-order valence-corrected chi connectivity index (χ0v) is 23.3. The van der Waals surface area contributed by atoms with Crippen molar-refractivity contribution in [3.8, 4) is 0 Å². The number of benzene rings is 1. The summed E-state index contributed by atoms with van der Waals surface area (Å²) >= 11 is 6.15. The molecule has 3 aromatic rings. The third-order valence-electron chi connectivity index (χ3n) is 7.38. The molecule has 226 valence electrons. The van der Waals surface area contributed by atoms with Crippen molar-refractivity contribution in [1.82, 2.24) is 25.0 Å². The Kier molecular flexibility index (Phi) is 7.79. The number of fused-ring (bicyclic) bond motifs is 1. The maximum absolute atomic E-state index is 13.8. The molecule has 2 amide bonds. The molecule has 0 spiro atoms. The number of amides is 2. The molecule has 0 bridgehead atoms. The van der Waals surface area contributed by atoms with Crippen LogP contribution < -0.4 is 10.6 Å². The standard InChI is InChI=1S/C27H27ClF6N6O2/c1-13-22(19-7-16(28)5-6-21(19)37-24(13)27(32,33)34)35-17-8-18(10-39(9-17)14(2)41)36-25(42)20-11-40(12-26(29,30)31)38-23(20)15-3-4-15/h5-7,11,15,17-18H,3-4,8-10,12H2,1-2H3,(H,35,37)(H,36,42)/t17-,18+/m1/s1. The number of carbonyl (C=O) groups excluding carboxylic acids is 2. The Bertz CT molecular complexity index is 1530. The number of pyridine rings is 1. The first kappa shape index (κ1) is 29.9. The van der Waals surface area contributed by atoms with Crippen LogP contribution in [0.15, 0.2) is 24.4 Å². The predicted molar refractivity (Wildman–Crippen MR) is 142 cm³/mol.